The van der Waals surface area contributed by atoms with Crippen LogP contribution >= 0.6 is 0 Å². The van der Waals surface area contributed by atoms with Gasteiger partial charge in [-0.05, 0) is 49.0 Å². The number of hydrogen-bond donors (Lipinski definition) is 1. The molecule has 0 amide bonds. The highest BCUT2D eigenvalue weighted by molar-refractivity contribution is 5.54. The first-order valence-electron chi connectivity index (χ1n) is 6.35. The zero-order chi connectivity index (χ0) is 11.5. The molecule has 0 heterocycles. The maximum absolute atomic E-state index is 6.02. The van der Waals surface area contributed by atoms with Crippen LogP contribution in [0.5, 0.6) is 0 Å². The lowest BCUT2D eigenvalue weighted by Crippen LogP contribution is -2.27. The van der Waals surface area contributed by atoms with Gasteiger partial charge in [0.2, 0.25) is 0 Å². The van der Waals surface area contributed by atoms with Crippen LogP contribution < -0.4 is 5.73 Å². The molecule has 2 nitrogen and oxygen atoms in total. The topological polar surface area (TPSA) is 29.3 Å². The third kappa shape index (κ3) is 2.07. The quantitative estimate of drug-likeness (QED) is 0.787. The molecule has 2 rings (SSSR count). The first kappa shape index (κ1) is 11.5. The second-order valence-electron chi connectivity index (χ2n) is 4.64. The zero-order valence-electron chi connectivity index (χ0n) is 10.4. The molecule has 88 valence electrons. The Kier molecular flexibility index (Phi) is 3.49. The third-order valence-corrected chi connectivity index (χ3v) is 3.80. The van der Waals surface area contributed by atoms with Crippen molar-refractivity contribution in [3.8, 4) is 0 Å². The summed E-state index contributed by atoms with van der Waals surface area (Å²) in [5, 5.41) is 0. The number of hydrogen-bond acceptors (Lipinski definition) is 2. The van der Waals surface area contributed by atoms with Crippen molar-refractivity contribution in [2.45, 2.75) is 32.6 Å². The standard InChI is InChI=1S/C14H22N2/c1-3-16(4-2)10-11-8-9-13-12(11)6-5-7-14(13)15/h5-7,11H,3-4,8-10,15H2,1-2H3. The number of fused-ring (bicyclic) bond motifs is 1. The first-order chi connectivity index (χ1) is 7.76. The molecule has 16 heavy (non-hydrogen) atoms. The van der Waals surface area contributed by atoms with Gasteiger partial charge in [0.1, 0.15) is 0 Å². The molecule has 0 radical (unpaired) electrons. The van der Waals surface area contributed by atoms with E-state index in [4.69, 9.17) is 5.73 Å². The van der Waals surface area contributed by atoms with Crippen molar-refractivity contribution < 1.29 is 0 Å². The summed E-state index contributed by atoms with van der Waals surface area (Å²) in [5.41, 5.74) is 9.90. The van der Waals surface area contributed by atoms with E-state index in [-0.39, 0.29) is 0 Å². The third-order valence-electron chi connectivity index (χ3n) is 3.80. The van der Waals surface area contributed by atoms with E-state index >= 15 is 0 Å². The van der Waals surface area contributed by atoms with E-state index in [9.17, 15) is 0 Å². The van der Waals surface area contributed by atoms with Crippen molar-refractivity contribution in [2.24, 2.45) is 0 Å². The molecule has 0 saturated heterocycles. The molecular formula is C14H22N2. The highest BCUT2D eigenvalue weighted by Gasteiger charge is 2.24. The highest BCUT2D eigenvalue weighted by atomic mass is 15.1. The Hall–Kier alpha value is -1.02. The van der Waals surface area contributed by atoms with Crippen LogP contribution in [0.4, 0.5) is 5.69 Å². The van der Waals surface area contributed by atoms with Crippen LogP contribution in [0.1, 0.15) is 37.3 Å². The molecule has 0 saturated carbocycles. The minimum Gasteiger partial charge on any atom is -0.398 e. The average Bonchev–Trinajstić information content (AvgIpc) is 2.71. The molecule has 0 aliphatic heterocycles. The Labute approximate surface area is 98.4 Å². The molecule has 1 unspecified atom stereocenters. The molecule has 0 spiro atoms. The van der Waals surface area contributed by atoms with Crippen LogP contribution in [-0.2, 0) is 6.42 Å². The number of nitrogens with zero attached hydrogens (tertiary/aromatic N) is 1. The van der Waals surface area contributed by atoms with E-state index < -0.39 is 0 Å². The molecule has 1 aliphatic rings. The van der Waals surface area contributed by atoms with Crippen molar-refractivity contribution >= 4 is 5.69 Å². The van der Waals surface area contributed by atoms with Crippen LogP contribution in [-0.4, -0.2) is 24.5 Å². The molecule has 0 aromatic heterocycles. The zero-order valence-corrected chi connectivity index (χ0v) is 10.4. The number of anilines is 1. The van der Waals surface area contributed by atoms with Gasteiger partial charge < -0.3 is 10.6 Å². The van der Waals surface area contributed by atoms with Gasteiger partial charge in [0, 0.05) is 12.2 Å². The number of nitrogens with two attached hydrogens (primary N) is 1. The van der Waals surface area contributed by atoms with Crippen LogP contribution in [0.25, 0.3) is 0 Å². The second kappa shape index (κ2) is 4.88. The number of nitrogen functional groups attached to an aromatic ring is 1. The number of rotatable bonds is 4. The molecule has 0 bridgehead atoms. The molecule has 1 aliphatic carbocycles. The van der Waals surface area contributed by atoms with Gasteiger partial charge in [0.25, 0.3) is 0 Å². The second-order valence-corrected chi connectivity index (χ2v) is 4.64. The summed E-state index contributed by atoms with van der Waals surface area (Å²) < 4.78 is 0. The van der Waals surface area contributed by atoms with E-state index in [0.29, 0.717) is 5.92 Å². The van der Waals surface area contributed by atoms with Gasteiger partial charge in [-0.15, -0.1) is 0 Å². The molecule has 1 aromatic rings. The molecule has 1 atom stereocenters. The largest absolute Gasteiger partial charge is 0.398 e. The highest BCUT2D eigenvalue weighted by Crippen LogP contribution is 2.36. The number of benzene rings is 1. The lowest BCUT2D eigenvalue weighted by atomic mass is 10.00. The van der Waals surface area contributed by atoms with Crippen LogP contribution in [0.3, 0.4) is 0 Å². The Morgan fingerprint density at radius 1 is 1.31 bits per heavy atom. The van der Waals surface area contributed by atoms with Gasteiger partial charge in [0.05, 0.1) is 0 Å². The predicted octanol–water partition coefficient (Wildman–Crippen LogP) is 2.64. The van der Waals surface area contributed by atoms with E-state index in [1.165, 1.54) is 24.1 Å². The summed E-state index contributed by atoms with van der Waals surface area (Å²) in [6.07, 6.45) is 2.42. The van der Waals surface area contributed by atoms with Crippen molar-refractivity contribution in [1.82, 2.24) is 4.90 Å². The smallest absolute Gasteiger partial charge is 0.0349 e. The van der Waals surface area contributed by atoms with Crippen LogP contribution in [0.2, 0.25) is 0 Å². The summed E-state index contributed by atoms with van der Waals surface area (Å²) >= 11 is 0. The number of likely N-dealkylation sites (N-methyl/N-ethyl adjacent to an activating group) is 1. The molecule has 2 N–H and O–H groups in total. The fourth-order valence-electron chi connectivity index (χ4n) is 2.75. The SMILES string of the molecule is CCN(CC)CC1CCc2c(N)cccc21. The normalized spacial score (nSPS) is 19.1. The maximum atomic E-state index is 6.02. The summed E-state index contributed by atoms with van der Waals surface area (Å²) in [5.74, 6) is 0.693. The Morgan fingerprint density at radius 2 is 2.06 bits per heavy atom. The fourth-order valence-corrected chi connectivity index (χ4v) is 2.75. The van der Waals surface area contributed by atoms with Gasteiger partial charge in [-0.1, -0.05) is 26.0 Å². The molecule has 0 fully saturated rings. The van der Waals surface area contributed by atoms with Gasteiger partial charge in [-0.2, -0.15) is 0 Å². The first-order valence-corrected chi connectivity index (χ1v) is 6.35. The van der Waals surface area contributed by atoms with Crippen LogP contribution in [0, 0.1) is 0 Å². The van der Waals surface area contributed by atoms with Gasteiger partial charge in [-0.25, -0.2) is 0 Å². The van der Waals surface area contributed by atoms with E-state index in [2.05, 4.69) is 30.9 Å². The van der Waals surface area contributed by atoms with Gasteiger partial charge >= 0.3 is 0 Å². The molecule has 1 aromatic carbocycles. The molecular weight excluding hydrogens is 196 g/mol. The summed E-state index contributed by atoms with van der Waals surface area (Å²) in [6, 6.07) is 6.38. The van der Waals surface area contributed by atoms with Crippen LogP contribution in [0.15, 0.2) is 18.2 Å². The van der Waals surface area contributed by atoms with Gasteiger partial charge in [-0.3, -0.25) is 0 Å². The van der Waals surface area contributed by atoms with E-state index in [0.717, 1.165) is 25.2 Å². The average molecular weight is 218 g/mol. The minimum atomic E-state index is 0.693. The Morgan fingerprint density at radius 3 is 2.75 bits per heavy atom. The predicted molar refractivity (Wildman–Crippen MR) is 69.7 cm³/mol. The fraction of sp³-hybridized carbons (Fsp3) is 0.571. The van der Waals surface area contributed by atoms with Crippen molar-refractivity contribution in [1.29, 1.82) is 0 Å². The monoisotopic (exact) mass is 218 g/mol. The van der Waals surface area contributed by atoms with E-state index in [1.807, 2.05) is 6.07 Å². The lowest BCUT2D eigenvalue weighted by Gasteiger charge is -2.23. The lowest BCUT2D eigenvalue weighted by molar-refractivity contribution is 0.282. The van der Waals surface area contributed by atoms with Crippen molar-refractivity contribution in [3.05, 3.63) is 29.3 Å². The summed E-state index contributed by atoms with van der Waals surface area (Å²) in [7, 11) is 0. The maximum Gasteiger partial charge on any atom is 0.0349 e. The Balaban J connectivity index is 2.14. The molecule has 2 heteroatoms. The summed E-state index contributed by atoms with van der Waals surface area (Å²) in [4.78, 5) is 2.50. The van der Waals surface area contributed by atoms with Gasteiger partial charge in [0.15, 0.2) is 0 Å². The Bertz CT molecular complexity index is 356. The van der Waals surface area contributed by atoms with E-state index in [1.54, 1.807) is 0 Å². The minimum absolute atomic E-state index is 0.693. The van der Waals surface area contributed by atoms with Crippen molar-refractivity contribution in [2.75, 3.05) is 25.4 Å². The summed E-state index contributed by atoms with van der Waals surface area (Å²) in [6.45, 7) is 7.94. The van der Waals surface area contributed by atoms with Crippen molar-refractivity contribution in [3.63, 3.8) is 0 Å².